The predicted octanol–water partition coefficient (Wildman–Crippen LogP) is 2.52. The van der Waals surface area contributed by atoms with Crippen molar-refractivity contribution in [1.82, 2.24) is 4.57 Å². The van der Waals surface area contributed by atoms with Crippen molar-refractivity contribution < 1.29 is 17.6 Å². The molecule has 2 N–H and O–H groups in total. The van der Waals surface area contributed by atoms with Crippen molar-refractivity contribution in [2.24, 2.45) is 0 Å². The number of alkyl halides is 3. The fourth-order valence-corrected chi connectivity index (χ4v) is 1.73. The van der Waals surface area contributed by atoms with E-state index >= 15 is 0 Å². The molecule has 0 amide bonds. The molecule has 0 radical (unpaired) electrons. The molecule has 4 nitrogen and oxygen atoms in total. The van der Waals surface area contributed by atoms with Crippen LogP contribution in [0.5, 0.6) is 0 Å². The summed E-state index contributed by atoms with van der Waals surface area (Å²) in [4.78, 5) is 11.5. The lowest BCUT2D eigenvalue weighted by atomic mass is 10.2. The predicted molar refractivity (Wildman–Crippen MR) is 60.2 cm³/mol. The van der Waals surface area contributed by atoms with Gasteiger partial charge in [0.25, 0.3) is 0 Å². The Morgan fingerprint density at radius 2 is 2.06 bits per heavy atom. The number of nitrogen functional groups attached to an aromatic ring is 1. The van der Waals surface area contributed by atoms with Crippen molar-refractivity contribution in [3.05, 3.63) is 28.7 Å². The minimum Gasteiger partial charge on any atom is -0.408 e. The molecule has 2 rings (SSSR count). The van der Waals surface area contributed by atoms with Crippen LogP contribution in [0.25, 0.3) is 11.1 Å². The van der Waals surface area contributed by atoms with E-state index in [1.54, 1.807) is 6.07 Å². The third-order valence-corrected chi connectivity index (χ3v) is 2.53. The number of aryl methyl sites for hydroxylation is 1. The molecule has 0 aliphatic carbocycles. The first kappa shape index (κ1) is 12.5. The summed E-state index contributed by atoms with van der Waals surface area (Å²) in [6, 6.07) is 4.59. The lowest BCUT2D eigenvalue weighted by molar-refractivity contribution is -0.135. The Morgan fingerprint density at radius 3 is 2.72 bits per heavy atom. The van der Waals surface area contributed by atoms with Crippen molar-refractivity contribution >= 4 is 16.8 Å². The van der Waals surface area contributed by atoms with E-state index in [-0.39, 0.29) is 13.0 Å². The Hall–Kier alpha value is -1.92. The standard InChI is InChI=1S/C11H11F3N2O2/c12-11(13,14)4-1-5-16-8-6-7(15)2-3-9(8)18-10(16)17/h2-3,6H,1,4-5,15H2. The minimum atomic E-state index is -4.22. The van der Waals surface area contributed by atoms with Crippen LogP contribution >= 0.6 is 0 Å². The zero-order chi connectivity index (χ0) is 13.3. The molecule has 0 unspecified atom stereocenters. The molecule has 1 aromatic heterocycles. The number of anilines is 1. The molecule has 0 bridgehead atoms. The Labute approximate surface area is 99.8 Å². The van der Waals surface area contributed by atoms with Gasteiger partial charge in [-0.3, -0.25) is 4.57 Å². The Balaban J connectivity index is 2.25. The number of hydrogen-bond acceptors (Lipinski definition) is 3. The van der Waals surface area contributed by atoms with Gasteiger partial charge in [-0.05, 0) is 24.6 Å². The maximum absolute atomic E-state index is 12.0. The van der Waals surface area contributed by atoms with E-state index in [9.17, 15) is 18.0 Å². The second kappa shape index (κ2) is 4.40. The summed E-state index contributed by atoms with van der Waals surface area (Å²) in [6.45, 7) is -0.0468. The molecule has 98 valence electrons. The van der Waals surface area contributed by atoms with Crippen molar-refractivity contribution in [1.29, 1.82) is 0 Å². The van der Waals surface area contributed by atoms with Gasteiger partial charge in [0.05, 0.1) is 5.52 Å². The van der Waals surface area contributed by atoms with Crippen LogP contribution in [0.15, 0.2) is 27.4 Å². The van der Waals surface area contributed by atoms with E-state index in [1.165, 1.54) is 12.1 Å². The van der Waals surface area contributed by atoms with Crippen molar-refractivity contribution in [2.75, 3.05) is 5.73 Å². The van der Waals surface area contributed by atoms with E-state index < -0.39 is 18.4 Å². The largest absolute Gasteiger partial charge is 0.419 e. The van der Waals surface area contributed by atoms with E-state index in [0.29, 0.717) is 16.8 Å². The highest BCUT2D eigenvalue weighted by Gasteiger charge is 2.26. The fraction of sp³-hybridized carbons (Fsp3) is 0.364. The molecule has 0 aliphatic rings. The van der Waals surface area contributed by atoms with Gasteiger partial charge in [0.1, 0.15) is 0 Å². The van der Waals surface area contributed by atoms with Crippen molar-refractivity contribution in [2.45, 2.75) is 25.6 Å². The second-order valence-corrected chi connectivity index (χ2v) is 3.97. The molecule has 7 heteroatoms. The number of nitrogens with two attached hydrogens (primary N) is 1. The molecule has 1 aromatic carbocycles. The first-order valence-corrected chi connectivity index (χ1v) is 5.32. The topological polar surface area (TPSA) is 61.2 Å². The maximum Gasteiger partial charge on any atom is 0.419 e. The highest BCUT2D eigenvalue weighted by molar-refractivity contribution is 5.76. The van der Waals surface area contributed by atoms with E-state index in [4.69, 9.17) is 10.2 Å². The second-order valence-electron chi connectivity index (χ2n) is 3.97. The number of oxazole rings is 1. The summed E-state index contributed by atoms with van der Waals surface area (Å²) >= 11 is 0. The normalized spacial score (nSPS) is 12.2. The van der Waals surface area contributed by atoms with Crippen LogP contribution in [0.4, 0.5) is 18.9 Å². The molecule has 1 heterocycles. The Kier molecular flexibility index (Phi) is 3.06. The average molecular weight is 260 g/mol. The number of nitrogens with zero attached hydrogens (tertiary/aromatic N) is 1. The zero-order valence-corrected chi connectivity index (χ0v) is 9.33. The summed E-state index contributed by atoms with van der Waals surface area (Å²) in [6.07, 6.45) is -5.33. The number of hydrogen-bond donors (Lipinski definition) is 1. The zero-order valence-electron chi connectivity index (χ0n) is 9.33. The molecule has 18 heavy (non-hydrogen) atoms. The number of benzene rings is 1. The maximum atomic E-state index is 12.0. The minimum absolute atomic E-state index is 0.0468. The summed E-state index contributed by atoms with van der Waals surface area (Å²) in [5.41, 5.74) is 6.73. The van der Waals surface area contributed by atoms with Crippen molar-refractivity contribution in [3.63, 3.8) is 0 Å². The van der Waals surface area contributed by atoms with Gasteiger partial charge >= 0.3 is 11.9 Å². The highest BCUT2D eigenvalue weighted by Crippen LogP contribution is 2.22. The molecular formula is C11H11F3N2O2. The van der Waals surface area contributed by atoms with Crippen LogP contribution in [-0.2, 0) is 6.54 Å². The van der Waals surface area contributed by atoms with Crippen LogP contribution in [0, 0.1) is 0 Å². The molecule has 0 saturated carbocycles. The van der Waals surface area contributed by atoms with Gasteiger partial charge in [0.2, 0.25) is 0 Å². The first-order valence-electron chi connectivity index (χ1n) is 5.32. The van der Waals surface area contributed by atoms with E-state index in [1.807, 2.05) is 0 Å². The summed E-state index contributed by atoms with van der Waals surface area (Å²) in [5.74, 6) is -0.669. The molecule has 0 aliphatic heterocycles. The molecule has 0 spiro atoms. The van der Waals surface area contributed by atoms with Gasteiger partial charge in [-0.15, -0.1) is 0 Å². The average Bonchev–Trinajstić information content (AvgIpc) is 2.54. The highest BCUT2D eigenvalue weighted by atomic mass is 19.4. The molecule has 0 fully saturated rings. The number of halogens is 3. The summed E-state index contributed by atoms with van der Waals surface area (Å²) in [5, 5.41) is 0. The molecular weight excluding hydrogens is 249 g/mol. The summed E-state index contributed by atoms with van der Waals surface area (Å²) in [7, 11) is 0. The SMILES string of the molecule is Nc1ccc2oc(=O)n(CCCC(F)(F)F)c2c1. The van der Waals surface area contributed by atoms with Crippen LogP contribution in [0.2, 0.25) is 0 Å². The van der Waals surface area contributed by atoms with Gasteiger partial charge in [0.15, 0.2) is 5.58 Å². The first-order chi connectivity index (χ1) is 8.37. The molecule has 0 atom stereocenters. The third-order valence-electron chi connectivity index (χ3n) is 2.53. The monoisotopic (exact) mass is 260 g/mol. The lowest BCUT2D eigenvalue weighted by Gasteiger charge is -2.06. The van der Waals surface area contributed by atoms with Crippen LogP contribution in [0.1, 0.15) is 12.8 Å². The fourth-order valence-electron chi connectivity index (χ4n) is 1.73. The quantitative estimate of drug-likeness (QED) is 0.862. The number of aromatic nitrogens is 1. The van der Waals surface area contributed by atoms with Gasteiger partial charge in [-0.2, -0.15) is 13.2 Å². The molecule has 2 aromatic rings. The van der Waals surface area contributed by atoms with Gasteiger partial charge in [0, 0.05) is 18.7 Å². The van der Waals surface area contributed by atoms with Gasteiger partial charge in [-0.1, -0.05) is 0 Å². The van der Waals surface area contributed by atoms with Crippen molar-refractivity contribution in [3.8, 4) is 0 Å². The number of rotatable bonds is 3. The van der Waals surface area contributed by atoms with Crippen LogP contribution < -0.4 is 11.5 Å². The van der Waals surface area contributed by atoms with Crippen LogP contribution in [-0.4, -0.2) is 10.7 Å². The Bertz CT molecular complexity index is 613. The Morgan fingerprint density at radius 1 is 1.33 bits per heavy atom. The van der Waals surface area contributed by atoms with E-state index in [0.717, 1.165) is 4.57 Å². The number of fused-ring (bicyclic) bond motifs is 1. The van der Waals surface area contributed by atoms with E-state index in [2.05, 4.69) is 0 Å². The third kappa shape index (κ3) is 2.66. The van der Waals surface area contributed by atoms with Gasteiger partial charge < -0.3 is 10.2 Å². The smallest absolute Gasteiger partial charge is 0.408 e. The summed E-state index contributed by atoms with van der Waals surface area (Å²) < 4.78 is 42.2. The van der Waals surface area contributed by atoms with Crippen LogP contribution in [0.3, 0.4) is 0 Å². The molecule has 0 saturated heterocycles. The van der Waals surface area contributed by atoms with Gasteiger partial charge in [-0.25, -0.2) is 4.79 Å². The lowest BCUT2D eigenvalue weighted by Crippen LogP contribution is -2.16.